The Morgan fingerprint density at radius 3 is 2.41 bits per heavy atom. The summed E-state index contributed by atoms with van der Waals surface area (Å²) in [5.74, 6) is 0. The van der Waals surface area contributed by atoms with Crippen LogP contribution in [0.5, 0.6) is 0 Å². The zero-order valence-electron chi connectivity index (χ0n) is 15.6. The van der Waals surface area contributed by atoms with Gasteiger partial charge in [0.15, 0.2) is 0 Å². The summed E-state index contributed by atoms with van der Waals surface area (Å²) >= 11 is 0. The van der Waals surface area contributed by atoms with Gasteiger partial charge in [0.25, 0.3) is 0 Å². The third kappa shape index (κ3) is 2.61. The van der Waals surface area contributed by atoms with Crippen LogP contribution < -0.4 is 0 Å². The summed E-state index contributed by atoms with van der Waals surface area (Å²) in [4.78, 5) is 12.5. The van der Waals surface area contributed by atoms with Gasteiger partial charge in [-0.3, -0.25) is 4.98 Å². The first-order valence-corrected chi connectivity index (χ1v) is 9.09. The van der Waals surface area contributed by atoms with Crippen LogP contribution in [0.4, 0.5) is 0 Å². The van der Waals surface area contributed by atoms with Gasteiger partial charge in [-0.15, -0.1) is 0 Å². The molecule has 0 aliphatic rings. The minimum atomic E-state index is 0.957. The van der Waals surface area contributed by atoms with Crippen LogP contribution in [0.1, 0.15) is 17.0 Å². The number of aromatic nitrogens is 4. The molecule has 0 aliphatic carbocycles. The fourth-order valence-electron chi connectivity index (χ4n) is 3.87. The lowest BCUT2D eigenvalue weighted by atomic mass is 10.0. The van der Waals surface area contributed by atoms with Crippen molar-refractivity contribution in [3.8, 4) is 22.4 Å². The summed E-state index contributed by atoms with van der Waals surface area (Å²) in [5.41, 5.74) is 10.2. The summed E-state index contributed by atoms with van der Waals surface area (Å²) in [6.07, 6.45) is 5.83. The zero-order chi connectivity index (χ0) is 18.5. The predicted octanol–water partition coefficient (Wildman–Crippen LogP) is 5.47. The van der Waals surface area contributed by atoms with Crippen LogP contribution in [0, 0.1) is 20.8 Å². The second-order valence-electron chi connectivity index (χ2n) is 7.13. The van der Waals surface area contributed by atoms with E-state index in [2.05, 4.69) is 70.5 Å². The molecule has 1 aromatic carbocycles. The van der Waals surface area contributed by atoms with Crippen molar-refractivity contribution in [3.05, 3.63) is 78.0 Å². The second-order valence-corrected chi connectivity index (χ2v) is 7.13. The Bertz CT molecular complexity index is 1290. The standard InChI is InChI=1S/C23H20N4/c1-14-10-19(11-15(2)25-14)23-16(3)20-5-4-17(12-21(20)26-23)18-6-8-27-9-7-24-22(27)13-18/h4-13,26H,1-3H3. The molecular weight excluding hydrogens is 332 g/mol. The van der Waals surface area contributed by atoms with E-state index >= 15 is 0 Å². The maximum Gasteiger partial charge on any atom is 0.137 e. The molecule has 1 N–H and O–H groups in total. The summed E-state index contributed by atoms with van der Waals surface area (Å²) in [7, 11) is 0. The van der Waals surface area contributed by atoms with Gasteiger partial charge in [-0.1, -0.05) is 12.1 Å². The highest BCUT2D eigenvalue weighted by atomic mass is 15.0. The van der Waals surface area contributed by atoms with Gasteiger partial charge in [-0.2, -0.15) is 0 Å². The molecule has 4 heterocycles. The quantitative estimate of drug-likeness (QED) is 0.458. The highest BCUT2D eigenvalue weighted by Gasteiger charge is 2.12. The number of benzene rings is 1. The van der Waals surface area contributed by atoms with E-state index in [9.17, 15) is 0 Å². The number of nitrogens with zero attached hydrogens (tertiary/aromatic N) is 3. The van der Waals surface area contributed by atoms with Crippen LogP contribution in [-0.2, 0) is 0 Å². The maximum absolute atomic E-state index is 4.50. The molecule has 0 aliphatic heterocycles. The van der Waals surface area contributed by atoms with Crippen molar-refractivity contribution in [2.45, 2.75) is 20.8 Å². The zero-order valence-corrected chi connectivity index (χ0v) is 15.6. The van der Waals surface area contributed by atoms with Gasteiger partial charge in [-0.05, 0) is 67.8 Å². The molecule has 0 spiro atoms. The van der Waals surface area contributed by atoms with Crippen LogP contribution in [-0.4, -0.2) is 19.4 Å². The molecule has 0 unspecified atom stereocenters. The first-order chi connectivity index (χ1) is 13.1. The average Bonchev–Trinajstić information content (AvgIpc) is 3.24. The Morgan fingerprint density at radius 2 is 1.59 bits per heavy atom. The predicted molar refractivity (Wildman–Crippen MR) is 110 cm³/mol. The van der Waals surface area contributed by atoms with Crippen molar-refractivity contribution in [2.75, 3.05) is 0 Å². The van der Waals surface area contributed by atoms with Gasteiger partial charge in [0.2, 0.25) is 0 Å². The van der Waals surface area contributed by atoms with E-state index in [-0.39, 0.29) is 0 Å². The van der Waals surface area contributed by atoms with E-state index in [1.165, 1.54) is 33.3 Å². The molecule has 4 heteroatoms. The lowest BCUT2D eigenvalue weighted by Crippen LogP contribution is -1.89. The topological polar surface area (TPSA) is 46.0 Å². The lowest BCUT2D eigenvalue weighted by molar-refractivity contribution is 1.12. The smallest absolute Gasteiger partial charge is 0.137 e. The molecule has 5 rings (SSSR count). The lowest BCUT2D eigenvalue weighted by Gasteiger charge is -2.04. The molecule has 0 bridgehead atoms. The van der Waals surface area contributed by atoms with Crippen molar-refractivity contribution >= 4 is 16.6 Å². The molecule has 0 saturated carbocycles. The maximum atomic E-state index is 4.50. The van der Waals surface area contributed by atoms with Gasteiger partial charge >= 0.3 is 0 Å². The number of nitrogens with one attached hydrogen (secondary N) is 1. The fraction of sp³-hybridized carbons (Fsp3) is 0.130. The van der Waals surface area contributed by atoms with Gasteiger partial charge in [0.05, 0.1) is 0 Å². The van der Waals surface area contributed by atoms with Gasteiger partial charge < -0.3 is 9.38 Å². The normalized spacial score (nSPS) is 11.5. The second kappa shape index (κ2) is 5.81. The van der Waals surface area contributed by atoms with Gasteiger partial charge in [0.1, 0.15) is 5.65 Å². The van der Waals surface area contributed by atoms with Crippen LogP contribution in [0.3, 0.4) is 0 Å². The Balaban J connectivity index is 1.65. The number of hydrogen-bond acceptors (Lipinski definition) is 2. The van der Waals surface area contributed by atoms with Crippen LogP contribution in [0.25, 0.3) is 38.9 Å². The van der Waals surface area contributed by atoms with Crippen LogP contribution in [0.15, 0.2) is 61.1 Å². The number of H-pyrrole nitrogens is 1. The Labute approximate surface area is 157 Å². The molecule has 4 aromatic heterocycles. The number of pyridine rings is 2. The van der Waals surface area contributed by atoms with Crippen molar-refractivity contribution in [1.29, 1.82) is 0 Å². The molecule has 0 saturated heterocycles. The van der Waals surface area contributed by atoms with E-state index in [0.29, 0.717) is 0 Å². The van der Waals surface area contributed by atoms with Crippen molar-refractivity contribution in [2.24, 2.45) is 0 Å². The first kappa shape index (κ1) is 15.8. The SMILES string of the molecule is Cc1cc(-c2[nH]c3cc(-c4ccn5ccnc5c4)ccc3c2C)cc(C)n1. The molecule has 0 amide bonds. The molecular formula is C23H20N4. The molecule has 5 aromatic rings. The summed E-state index contributed by atoms with van der Waals surface area (Å²) < 4.78 is 2.02. The number of aryl methyl sites for hydroxylation is 3. The molecule has 132 valence electrons. The minimum Gasteiger partial charge on any atom is -0.354 e. The molecule has 27 heavy (non-hydrogen) atoms. The van der Waals surface area contributed by atoms with Crippen LogP contribution in [0.2, 0.25) is 0 Å². The molecule has 0 fully saturated rings. The van der Waals surface area contributed by atoms with Crippen molar-refractivity contribution < 1.29 is 0 Å². The molecule has 0 radical (unpaired) electrons. The number of fused-ring (bicyclic) bond motifs is 2. The third-order valence-electron chi connectivity index (χ3n) is 5.16. The fourth-order valence-corrected chi connectivity index (χ4v) is 3.87. The van der Waals surface area contributed by atoms with Crippen molar-refractivity contribution in [3.63, 3.8) is 0 Å². The monoisotopic (exact) mass is 352 g/mol. The Hall–Kier alpha value is -3.40. The first-order valence-electron chi connectivity index (χ1n) is 9.09. The van der Waals surface area contributed by atoms with E-state index in [1.807, 2.05) is 30.6 Å². The summed E-state index contributed by atoms with van der Waals surface area (Å²) in [6, 6.07) is 15.1. The van der Waals surface area contributed by atoms with Gasteiger partial charge in [-0.25, -0.2) is 4.98 Å². The van der Waals surface area contributed by atoms with E-state index in [4.69, 9.17) is 0 Å². The van der Waals surface area contributed by atoms with E-state index in [0.717, 1.165) is 22.6 Å². The van der Waals surface area contributed by atoms with E-state index < -0.39 is 0 Å². The average molecular weight is 352 g/mol. The van der Waals surface area contributed by atoms with E-state index in [1.54, 1.807) is 0 Å². The summed E-state index contributed by atoms with van der Waals surface area (Å²) in [5, 5.41) is 1.25. The number of imidazole rings is 1. The Kier molecular flexibility index (Phi) is 3.41. The summed E-state index contributed by atoms with van der Waals surface area (Å²) in [6.45, 7) is 6.26. The van der Waals surface area contributed by atoms with Crippen molar-refractivity contribution in [1.82, 2.24) is 19.4 Å². The number of rotatable bonds is 2. The highest BCUT2D eigenvalue weighted by Crippen LogP contribution is 2.33. The minimum absolute atomic E-state index is 0.957. The van der Waals surface area contributed by atoms with Crippen LogP contribution >= 0.6 is 0 Å². The van der Waals surface area contributed by atoms with Gasteiger partial charge in [0, 0.05) is 52.1 Å². The largest absolute Gasteiger partial charge is 0.354 e. The Morgan fingerprint density at radius 1 is 0.815 bits per heavy atom. The molecule has 4 nitrogen and oxygen atoms in total. The molecule has 0 atom stereocenters. The number of aromatic amines is 1. The third-order valence-corrected chi connectivity index (χ3v) is 5.16. The number of hydrogen-bond donors (Lipinski definition) is 1. The highest BCUT2D eigenvalue weighted by molar-refractivity contribution is 5.93.